The maximum Gasteiger partial charge on any atom is 0.227 e. The average molecular weight is 530 g/mol. The van der Waals surface area contributed by atoms with E-state index >= 15 is 0 Å². The number of piperidine rings is 1. The lowest BCUT2D eigenvalue weighted by Crippen LogP contribution is -2.44. The molecule has 11 heteroatoms. The number of aliphatic hydroxyl groups excluding tert-OH is 1. The fourth-order valence-corrected chi connectivity index (χ4v) is 4.24. The molecular formula is C27H33F2N5O4. The van der Waals surface area contributed by atoms with Gasteiger partial charge in [0.25, 0.3) is 0 Å². The van der Waals surface area contributed by atoms with Gasteiger partial charge in [0, 0.05) is 43.1 Å². The first-order chi connectivity index (χ1) is 18.4. The van der Waals surface area contributed by atoms with Crippen molar-refractivity contribution in [2.45, 2.75) is 38.5 Å². The van der Waals surface area contributed by atoms with Crippen LogP contribution < -0.4 is 29.7 Å². The predicted octanol–water partition coefficient (Wildman–Crippen LogP) is 4.03. The molecule has 204 valence electrons. The molecule has 0 radical (unpaired) electrons. The molecule has 1 unspecified atom stereocenters. The monoisotopic (exact) mass is 529 g/mol. The Morgan fingerprint density at radius 3 is 2.18 bits per heavy atom. The number of rotatable bonds is 11. The molecule has 0 saturated carbocycles. The molecule has 2 heterocycles. The van der Waals surface area contributed by atoms with Crippen LogP contribution in [0.15, 0.2) is 42.7 Å². The number of anilines is 3. The molecule has 0 amide bonds. The summed E-state index contributed by atoms with van der Waals surface area (Å²) in [6.45, 7) is 3.92. The molecule has 0 aliphatic carbocycles. The average Bonchev–Trinajstić information content (AvgIpc) is 2.93. The summed E-state index contributed by atoms with van der Waals surface area (Å²) in [6, 6.07) is 9.60. The SMILES string of the molecule is COc1cc(OC)c(F)c(COc2cnc(Nc3ccc(N4CCC(NCC(C)O)CC4)cc3)nc2)c1F. The number of aliphatic hydroxyl groups is 1. The maximum atomic E-state index is 14.5. The molecule has 3 N–H and O–H groups in total. The third-order valence-corrected chi connectivity index (χ3v) is 6.36. The van der Waals surface area contributed by atoms with Gasteiger partial charge in [-0.15, -0.1) is 0 Å². The second-order valence-electron chi connectivity index (χ2n) is 9.11. The van der Waals surface area contributed by atoms with Crippen molar-refractivity contribution in [3.05, 3.63) is 59.9 Å². The molecule has 0 bridgehead atoms. The highest BCUT2D eigenvalue weighted by molar-refractivity contribution is 5.59. The standard InChI is InChI=1S/C27H33F2N5O4/c1-17(35)13-30-18-8-10-34(11-9-18)20-6-4-19(5-7-20)33-27-31-14-21(15-32-27)38-16-22-25(28)23(36-2)12-24(37-3)26(22)29/h4-7,12,14-15,17-18,30,35H,8-11,13,16H2,1-3H3,(H,31,32,33). The lowest BCUT2D eigenvalue weighted by Gasteiger charge is -2.34. The van der Waals surface area contributed by atoms with E-state index in [-0.39, 0.29) is 28.9 Å². The fraction of sp³-hybridized carbons (Fsp3) is 0.407. The highest BCUT2D eigenvalue weighted by atomic mass is 19.1. The minimum atomic E-state index is -0.856. The van der Waals surface area contributed by atoms with Crippen LogP contribution in [-0.2, 0) is 6.61 Å². The molecule has 2 aromatic carbocycles. The second kappa shape index (κ2) is 12.7. The van der Waals surface area contributed by atoms with E-state index in [1.807, 2.05) is 12.1 Å². The Hall–Kier alpha value is -3.70. The maximum absolute atomic E-state index is 14.5. The molecule has 9 nitrogen and oxygen atoms in total. The van der Waals surface area contributed by atoms with E-state index in [2.05, 4.69) is 37.6 Å². The van der Waals surface area contributed by atoms with Crippen molar-refractivity contribution in [3.8, 4) is 17.2 Å². The Morgan fingerprint density at radius 1 is 1.03 bits per heavy atom. The van der Waals surface area contributed by atoms with E-state index in [4.69, 9.17) is 14.2 Å². The number of hydrogen-bond donors (Lipinski definition) is 3. The normalized spacial score (nSPS) is 14.7. The summed E-state index contributed by atoms with van der Waals surface area (Å²) < 4.78 is 44.5. The van der Waals surface area contributed by atoms with Crippen molar-refractivity contribution in [3.63, 3.8) is 0 Å². The van der Waals surface area contributed by atoms with Crippen LogP contribution in [0.2, 0.25) is 0 Å². The number of benzene rings is 2. The summed E-state index contributed by atoms with van der Waals surface area (Å²) >= 11 is 0. The van der Waals surface area contributed by atoms with Crippen molar-refractivity contribution in [2.24, 2.45) is 0 Å². The topological polar surface area (TPSA) is 101 Å². The Bertz CT molecular complexity index is 1160. The number of hydrogen-bond acceptors (Lipinski definition) is 9. The highest BCUT2D eigenvalue weighted by Crippen LogP contribution is 2.32. The van der Waals surface area contributed by atoms with Crippen molar-refractivity contribution >= 4 is 17.3 Å². The predicted molar refractivity (Wildman–Crippen MR) is 140 cm³/mol. The van der Waals surface area contributed by atoms with E-state index < -0.39 is 18.2 Å². The van der Waals surface area contributed by atoms with Crippen LogP contribution in [0.3, 0.4) is 0 Å². The van der Waals surface area contributed by atoms with Crippen molar-refractivity contribution in [1.29, 1.82) is 0 Å². The quantitative estimate of drug-likeness (QED) is 0.340. The molecule has 1 atom stereocenters. The summed E-state index contributed by atoms with van der Waals surface area (Å²) in [7, 11) is 2.57. The van der Waals surface area contributed by atoms with Crippen molar-refractivity contribution in [2.75, 3.05) is 44.1 Å². The zero-order valence-corrected chi connectivity index (χ0v) is 21.7. The first kappa shape index (κ1) is 27.3. The number of methoxy groups -OCH3 is 2. The van der Waals surface area contributed by atoms with Gasteiger partial charge in [0.1, 0.15) is 6.61 Å². The summed E-state index contributed by atoms with van der Waals surface area (Å²) in [5.74, 6) is -1.39. The highest BCUT2D eigenvalue weighted by Gasteiger charge is 2.21. The Labute approximate surface area is 220 Å². The van der Waals surface area contributed by atoms with Gasteiger partial charge in [0.05, 0.1) is 38.3 Å². The molecule has 38 heavy (non-hydrogen) atoms. The zero-order valence-electron chi connectivity index (χ0n) is 21.7. The molecule has 1 fully saturated rings. The van der Waals surface area contributed by atoms with Crippen molar-refractivity contribution in [1.82, 2.24) is 15.3 Å². The molecule has 0 spiro atoms. The number of nitrogens with zero attached hydrogens (tertiary/aromatic N) is 3. The molecule has 3 aromatic rings. The summed E-state index contributed by atoms with van der Waals surface area (Å²) in [6.07, 6.45) is 4.57. The first-order valence-corrected chi connectivity index (χ1v) is 12.4. The molecule has 1 aliphatic rings. The Balaban J connectivity index is 1.30. The lowest BCUT2D eigenvalue weighted by molar-refractivity contribution is 0.183. The zero-order chi connectivity index (χ0) is 27.1. The van der Waals surface area contributed by atoms with Gasteiger partial charge in [-0.1, -0.05) is 0 Å². The summed E-state index contributed by atoms with van der Waals surface area (Å²) in [4.78, 5) is 10.8. The summed E-state index contributed by atoms with van der Waals surface area (Å²) in [5.41, 5.74) is 1.65. The van der Waals surface area contributed by atoms with Gasteiger partial charge in [-0.3, -0.25) is 0 Å². The van der Waals surface area contributed by atoms with Crippen LogP contribution in [0.25, 0.3) is 0 Å². The number of halogens is 2. The van der Waals surface area contributed by atoms with E-state index in [0.29, 0.717) is 18.5 Å². The molecule has 1 aromatic heterocycles. The lowest BCUT2D eigenvalue weighted by atomic mass is 10.0. The minimum Gasteiger partial charge on any atom is -0.494 e. The fourth-order valence-electron chi connectivity index (χ4n) is 4.24. The smallest absolute Gasteiger partial charge is 0.227 e. The van der Waals surface area contributed by atoms with Crippen LogP contribution >= 0.6 is 0 Å². The van der Waals surface area contributed by atoms with Gasteiger partial charge < -0.3 is 34.9 Å². The van der Waals surface area contributed by atoms with Crippen LogP contribution in [0.4, 0.5) is 26.1 Å². The third-order valence-electron chi connectivity index (χ3n) is 6.36. The van der Waals surface area contributed by atoms with Crippen LogP contribution in [-0.4, -0.2) is 61.1 Å². The molecule has 4 rings (SSSR count). The summed E-state index contributed by atoms with van der Waals surface area (Å²) in [5, 5.41) is 16.0. The minimum absolute atomic E-state index is 0.141. The van der Waals surface area contributed by atoms with Gasteiger partial charge in [0.15, 0.2) is 28.9 Å². The van der Waals surface area contributed by atoms with Crippen molar-refractivity contribution < 1.29 is 28.1 Å². The Kier molecular flexibility index (Phi) is 9.14. The van der Waals surface area contributed by atoms with Gasteiger partial charge in [-0.25, -0.2) is 18.7 Å². The van der Waals surface area contributed by atoms with Gasteiger partial charge in [-0.05, 0) is 44.0 Å². The largest absolute Gasteiger partial charge is 0.494 e. The van der Waals surface area contributed by atoms with Gasteiger partial charge in [-0.2, -0.15) is 0 Å². The van der Waals surface area contributed by atoms with Crippen LogP contribution in [0.5, 0.6) is 17.2 Å². The number of nitrogens with one attached hydrogen (secondary N) is 2. The van der Waals surface area contributed by atoms with E-state index in [1.54, 1.807) is 6.92 Å². The molecular weight excluding hydrogens is 496 g/mol. The number of aromatic nitrogens is 2. The third kappa shape index (κ3) is 6.78. The first-order valence-electron chi connectivity index (χ1n) is 12.4. The van der Waals surface area contributed by atoms with E-state index in [9.17, 15) is 13.9 Å². The Morgan fingerprint density at radius 2 is 1.63 bits per heavy atom. The van der Waals surface area contributed by atoms with Crippen LogP contribution in [0.1, 0.15) is 25.3 Å². The van der Waals surface area contributed by atoms with Gasteiger partial charge >= 0.3 is 0 Å². The van der Waals surface area contributed by atoms with E-state index in [1.165, 1.54) is 26.6 Å². The van der Waals surface area contributed by atoms with Gasteiger partial charge in [0.2, 0.25) is 5.95 Å². The molecule has 1 saturated heterocycles. The van der Waals surface area contributed by atoms with E-state index in [0.717, 1.165) is 43.4 Å². The second-order valence-corrected chi connectivity index (χ2v) is 9.11. The number of ether oxygens (including phenoxy) is 3. The molecule has 1 aliphatic heterocycles. The van der Waals surface area contributed by atoms with Crippen LogP contribution in [0, 0.1) is 11.6 Å².